The van der Waals surface area contributed by atoms with Gasteiger partial charge in [0.15, 0.2) is 5.96 Å². The van der Waals surface area contributed by atoms with E-state index in [0.29, 0.717) is 13.1 Å². The van der Waals surface area contributed by atoms with Crippen molar-refractivity contribution in [3.63, 3.8) is 0 Å². The standard InChI is InChI=1S/C16H25N3O3.HI/c1-16(2,3)22-14(20)12-7-8-19(11-12)15(17-4)18-10-13-6-5-9-21-13;/h5-6,9,12H,7-8,10-11H2,1-4H3,(H,17,18);1H. The molecule has 1 aliphatic rings. The molecule has 0 aromatic carbocycles. The highest BCUT2D eigenvalue weighted by Gasteiger charge is 2.33. The van der Waals surface area contributed by atoms with Gasteiger partial charge in [0.2, 0.25) is 0 Å². The van der Waals surface area contributed by atoms with Crippen LogP contribution in [0.2, 0.25) is 0 Å². The molecule has 1 atom stereocenters. The minimum atomic E-state index is -0.441. The van der Waals surface area contributed by atoms with Crippen molar-refractivity contribution < 1.29 is 13.9 Å². The van der Waals surface area contributed by atoms with E-state index < -0.39 is 5.60 Å². The van der Waals surface area contributed by atoms with E-state index >= 15 is 0 Å². The van der Waals surface area contributed by atoms with E-state index in [0.717, 1.165) is 24.7 Å². The van der Waals surface area contributed by atoms with E-state index in [4.69, 9.17) is 9.15 Å². The molecule has 130 valence electrons. The lowest BCUT2D eigenvalue weighted by Gasteiger charge is -2.23. The molecule has 1 saturated heterocycles. The summed E-state index contributed by atoms with van der Waals surface area (Å²) in [4.78, 5) is 18.5. The number of hydrogen-bond donors (Lipinski definition) is 1. The van der Waals surface area contributed by atoms with Gasteiger partial charge >= 0.3 is 5.97 Å². The Morgan fingerprint density at radius 3 is 2.83 bits per heavy atom. The molecule has 7 heteroatoms. The summed E-state index contributed by atoms with van der Waals surface area (Å²) in [5.41, 5.74) is -0.441. The highest BCUT2D eigenvalue weighted by Crippen LogP contribution is 2.20. The first-order chi connectivity index (χ1) is 10.4. The van der Waals surface area contributed by atoms with Crippen molar-refractivity contribution in [2.75, 3.05) is 20.1 Å². The lowest BCUT2D eigenvalue weighted by molar-refractivity contribution is -0.159. The smallest absolute Gasteiger partial charge is 0.311 e. The van der Waals surface area contributed by atoms with E-state index in [-0.39, 0.29) is 35.9 Å². The number of carbonyl (C=O) groups is 1. The van der Waals surface area contributed by atoms with Crippen molar-refractivity contribution in [2.45, 2.75) is 39.3 Å². The number of halogens is 1. The Balaban J connectivity index is 0.00000264. The lowest BCUT2D eigenvalue weighted by atomic mass is 10.1. The molecule has 0 saturated carbocycles. The van der Waals surface area contributed by atoms with Crippen LogP contribution < -0.4 is 5.32 Å². The highest BCUT2D eigenvalue weighted by atomic mass is 127. The second kappa shape index (κ2) is 8.56. The van der Waals surface area contributed by atoms with E-state index in [2.05, 4.69) is 15.2 Å². The topological polar surface area (TPSA) is 67.1 Å². The zero-order valence-electron chi connectivity index (χ0n) is 14.2. The van der Waals surface area contributed by atoms with Crippen LogP contribution in [-0.2, 0) is 16.1 Å². The van der Waals surface area contributed by atoms with E-state index in [1.165, 1.54) is 0 Å². The molecule has 0 radical (unpaired) electrons. The van der Waals surface area contributed by atoms with Crippen LogP contribution >= 0.6 is 24.0 Å². The maximum absolute atomic E-state index is 12.1. The van der Waals surface area contributed by atoms with Crippen molar-refractivity contribution in [1.82, 2.24) is 10.2 Å². The molecule has 1 fully saturated rings. The van der Waals surface area contributed by atoms with Gasteiger partial charge in [-0.05, 0) is 39.3 Å². The van der Waals surface area contributed by atoms with Crippen molar-refractivity contribution in [3.05, 3.63) is 24.2 Å². The third kappa shape index (κ3) is 6.04. The first kappa shape index (κ1) is 19.8. The summed E-state index contributed by atoms with van der Waals surface area (Å²) >= 11 is 0. The summed E-state index contributed by atoms with van der Waals surface area (Å²) in [6.07, 6.45) is 2.44. The van der Waals surface area contributed by atoms with Crippen LogP contribution in [-0.4, -0.2) is 42.6 Å². The quantitative estimate of drug-likeness (QED) is 0.342. The molecule has 0 amide bonds. The molecule has 1 aliphatic heterocycles. The number of ether oxygens (including phenoxy) is 1. The van der Waals surface area contributed by atoms with Crippen LogP contribution in [0.1, 0.15) is 33.0 Å². The molecule has 1 aromatic rings. The number of likely N-dealkylation sites (tertiary alicyclic amines) is 1. The van der Waals surface area contributed by atoms with Gasteiger partial charge in [-0.25, -0.2) is 0 Å². The van der Waals surface area contributed by atoms with Gasteiger partial charge in [0.25, 0.3) is 0 Å². The number of nitrogens with zero attached hydrogens (tertiary/aromatic N) is 2. The summed E-state index contributed by atoms with van der Waals surface area (Å²) < 4.78 is 10.8. The summed E-state index contributed by atoms with van der Waals surface area (Å²) in [5.74, 6) is 1.41. The zero-order valence-corrected chi connectivity index (χ0v) is 16.5. The van der Waals surface area contributed by atoms with Crippen LogP contribution in [0.4, 0.5) is 0 Å². The predicted molar refractivity (Wildman–Crippen MR) is 99.8 cm³/mol. The SMILES string of the molecule is CN=C(NCc1ccco1)N1CCC(C(=O)OC(C)(C)C)C1.I. The van der Waals surface area contributed by atoms with Gasteiger partial charge in [-0.1, -0.05) is 0 Å². The lowest BCUT2D eigenvalue weighted by Crippen LogP contribution is -2.40. The molecule has 0 aliphatic carbocycles. The van der Waals surface area contributed by atoms with Gasteiger partial charge in [0.1, 0.15) is 11.4 Å². The molecule has 6 nitrogen and oxygen atoms in total. The Morgan fingerprint density at radius 1 is 1.52 bits per heavy atom. The fraction of sp³-hybridized carbons (Fsp3) is 0.625. The average molecular weight is 435 g/mol. The Labute approximate surface area is 154 Å². The van der Waals surface area contributed by atoms with E-state index in [1.54, 1.807) is 13.3 Å². The second-order valence-electron chi connectivity index (χ2n) is 6.45. The molecular weight excluding hydrogens is 409 g/mol. The van der Waals surface area contributed by atoms with Crippen molar-refractivity contribution in [2.24, 2.45) is 10.9 Å². The van der Waals surface area contributed by atoms with Gasteiger partial charge in [0.05, 0.1) is 18.7 Å². The maximum Gasteiger partial charge on any atom is 0.311 e. The Hall–Kier alpha value is -1.25. The molecule has 0 spiro atoms. The summed E-state index contributed by atoms with van der Waals surface area (Å²) in [5, 5.41) is 3.25. The Morgan fingerprint density at radius 2 is 2.26 bits per heavy atom. The van der Waals surface area contributed by atoms with Crippen LogP contribution in [0, 0.1) is 5.92 Å². The maximum atomic E-state index is 12.1. The van der Waals surface area contributed by atoms with Gasteiger partial charge in [-0.2, -0.15) is 0 Å². The first-order valence-electron chi connectivity index (χ1n) is 7.60. The minimum absolute atomic E-state index is 0. The average Bonchev–Trinajstić information content (AvgIpc) is 3.08. The summed E-state index contributed by atoms with van der Waals surface area (Å²) in [7, 11) is 1.74. The summed E-state index contributed by atoms with van der Waals surface area (Å²) in [6, 6.07) is 3.77. The largest absolute Gasteiger partial charge is 0.467 e. The van der Waals surface area contributed by atoms with Crippen LogP contribution in [0.15, 0.2) is 27.8 Å². The number of aliphatic imine (C=N–C) groups is 1. The molecule has 23 heavy (non-hydrogen) atoms. The number of rotatable bonds is 3. The molecule has 1 aromatic heterocycles. The fourth-order valence-corrected chi connectivity index (χ4v) is 2.44. The van der Waals surface area contributed by atoms with Crippen molar-refractivity contribution in [3.8, 4) is 0 Å². The van der Waals surface area contributed by atoms with Crippen LogP contribution in [0.25, 0.3) is 0 Å². The number of nitrogens with one attached hydrogen (secondary N) is 1. The van der Waals surface area contributed by atoms with Gasteiger partial charge in [0, 0.05) is 20.1 Å². The third-order valence-corrected chi connectivity index (χ3v) is 3.44. The number of furan rings is 1. The van der Waals surface area contributed by atoms with Crippen molar-refractivity contribution >= 4 is 35.9 Å². The second-order valence-corrected chi connectivity index (χ2v) is 6.45. The van der Waals surface area contributed by atoms with Crippen LogP contribution in [0.5, 0.6) is 0 Å². The van der Waals surface area contributed by atoms with Gasteiger partial charge < -0.3 is 19.4 Å². The van der Waals surface area contributed by atoms with Crippen LogP contribution in [0.3, 0.4) is 0 Å². The molecular formula is C16H26IN3O3. The molecule has 1 unspecified atom stereocenters. The van der Waals surface area contributed by atoms with E-state index in [1.807, 2.05) is 32.9 Å². The summed E-state index contributed by atoms with van der Waals surface area (Å²) in [6.45, 7) is 7.67. The number of esters is 1. The monoisotopic (exact) mass is 435 g/mol. The number of carbonyl (C=O) groups excluding carboxylic acids is 1. The minimum Gasteiger partial charge on any atom is -0.467 e. The van der Waals surface area contributed by atoms with Crippen molar-refractivity contribution in [1.29, 1.82) is 0 Å². The fourth-order valence-electron chi connectivity index (χ4n) is 2.44. The number of hydrogen-bond acceptors (Lipinski definition) is 4. The Kier molecular flexibility index (Phi) is 7.37. The van der Waals surface area contributed by atoms with E-state index in [9.17, 15) is 4.79 Å². The normalized spacial score (nSPS) is 18.5. The molecule has 2 rings (SSSR count). The van der Waals surface area contributed by atoms with Gasteiger partial charge in [-0.15, -0.1) is 24.0 Å². The zero-order chi connectivity index (χ0) is 16.2. The third-order valence-electron chi connectivity index (χ3n) is 3.44. The molecule has 2 heterocycles. The number of guanidine groups is 1. The van der Waals surface area contributed by atoms with Gasteiger partial charge in [-0.3, -0.25) is 9.79 Å². The predicted octanol–water partition coefficient (Wildman–Crippen LogP) is 2.64. The molecule has 0 bridgehead atoms. The molecule has 1 N–H and O–H groups in total. The highest BCUT2D eigenvalue weighted by molar-refractivity contribution is 14.0. The Bertz CT molecular complexity index is 523. The first-order valence-corrected chi connectivity index (χ1v) is 7.60.